The zero-order valence-electron chi connectivity index (χ0n) is 14.1. The molecule has 1 aliphatic rings. The van der Waals surface area contributed by atoms with Crippen LogP contribution in [0.5, 0.6) is 5.75 Å². The normalized spacial score (nSPS) is 15.8. The zero-order valence-corrected chi connectivity index (χ0v) is 14.1. The molecule has 0 unspecified atom stereocenters. The summed E-state index contributed by atoms with van der Waals surface area (Å²) in [6.45, 7) is 3.79. The summed E-state index contributed by atoms with van der Waals surface area (Å²) in [6.07, 6.45) is -2.55. The van der Waals surface area contributed by atoms with Gasteiger partial charge in [-0.05, 0) is 32.8 Å². The van der Waals surface area contributed by atoms with Crippen molar-refractivity contribution in [1.82, 2.24) is 9.78 Å². The molecule has 0 spiro atoms. The molecule has 0 bridgehead atoms. The molecule has 140 valence electrons. The van der Waals surface area contributed by atoms with Crippen LogP contribution in [-0.4, -0.2) is 22.1 Å². The molecule has 0 radical (unpaired) electrons. The molecule has 0 atom stereocenters. The van der Waals surface area contributed by atoms with E-state index in [0.29, 0.717) is 24.7 Å². The van der Waals surface area contributed by atoms with Gasteiger partial charge in [0.25, 0.3) is 0 Å². The SMILES string of the molecule is CC(C)n1nccc1NC(=O)C1(c2ccc(OC(F)(F)F)cc2F)CC1. The molecule has 1 N–H and O–H groups in total. The Morgan fingerprint density at radius 2 is 2.00 bits per heavy atom. The fraction of sp³-hybridized carbons (Fsp3) is 0.412. The van der Waals surface area contributed by atoms with Gasteiger partial charge >= 0.3 is 6.36 Å². The number of benzene rings is 1. The molecule has 1 fully saturated rings. The number of aromatic nitrogens is 2. The average molecular weight is 371 g/mol. The van der Waals surface area contributed by atoms with E-state index in [2.05, 4.69) is 15.2 Å². The molecule has 1 aromatic carbocycles. The topological polar surface area (TPSA) is 56.2 Å². The van der Waals surface area contributed by atoms with Crippen molar-refractivity contribution >= 4 is 11.7 Å². The molecule has 1 heterocycles. The van der Waals surface area contributed by atoms with Crippen molar-refractivity contribution < 1.29 is 27.1 Å². The van der Waals surface area contributed by atoms with Gasteiger partial charge in [-0.3, -0.25) is 4.79 Å². The lowest BCUT2D eigenvalue weighted by Gasteiger charge is -2.19. The zero-order chi connectivity index (χ0) is 19.1. The fourth-order valence-corrected chi connectivity index (χ4v) is 2.89. The van der Waals surface area contributed by atoms with E-state index in [4.69, 9.17) is 0 Å². The number of nitrogens with one attached hydrogen (secondary N) is 1. The smallest absolute Gasteiger partial charge is 0.406 e. The van der Waals surface area contributed by atoms with Gasteiger partial charge in [-0.15, -0.1) is 13.2 Å². The molecule has 1 amide bonds. The average Bonchev–Trinajstić information content (AvgIpc) is 3.18. The van der Waals surface area contributed by atoms with Crippen LogP contribution in [0.2, 0.25) is 0 Å². The van der Waals surface area contributed by atoms with Crippen LogP contribution in [-0.2, 0) is 10.2 Å². The van der Waals surface area contributed by atoms with Crippen LogP contribution in [0.3, 0.4) is 0 Å². The third-order valence-electron chi connectivity index (χ3n) is 4.28. The standard InChI is InChI=1S/C17H17F4N3O2/c1-10(2)24-14(5-8-22-24)23-15(25)16(6-7-16)12-4-3-11(9-13(12)18)26-17(19,20)21/h3-5,8-10H,6-7H2,1-2H3,(H,23,25). The van der Waals surface area contributed by atoms with Crippen molar-refractivity contribution in [2.45, 2.75) is 44.5 Å². The lowest BCUT2D eigenvalue weighted by Crippen LogP contribution is -2.30. The number of alkyl halides is 3. The lowest BCUT2D eigenvalue weighted by molar-refractivity contribution is -0.274. The summed E-state index contributed by atoms with van der Waals surface area (Å²) in [5.41, 5.74) is -1.03. The summed E-state index contributed by atoms with van der Waals surface area (Å²) in [4.78, 5) is 12.7. The molecular weight excluding hydrogens is 354 g/mol. The maximum absolute atomic E-state index is 14.4. The minimum atomic E-state index is -4.90. The van der Waals surface area contributed by atoms with Crippen molar-refractivity contribution in [3.05, 3.63) is 41.8 Å². The molecule has 26 heavy (non-hydrogen) atoms. The highest BCUT2D eigenvalue weighted by Gasteiger charge is 2.53. The summed E-state index contributed by atoms with van der Waals surface area (Å²) in [7, 11) is 0. The maximum atomic E-state index is 14.4. The first-order chi connectivity index (χ1) is 12.1. The second kappa shape index (κ2) is 6.30. The largest absolute Gasteiger partial charge is 0.573 e. The van der Waals surface area contributed by atoms with Gasteiger partial charge in [0.15, 0.2) is 0 Å². The molecule has 3 rings (SSSR count). The van der Waals surface area contributed by atoms with Crippen LogP contribution in [0.15, 0.2) is 30.5 Å². The highest BCUT2D eigenvalue weighted by molar-refractivity contribution is 6.01. The Balaban J connectivity index is 1.82. The highest BCUT2D eigenvalue weighted by Crippen LogP contribution is 2.50. The second-order valence-electron chi connectivity index (χ2n) is 6.48. The first-order valence-corrected chi connectivity index (χ1v) is 8.03. The van der Waals surface area contributed by atoms with E-state index < -0.39 is 29.3 Å². The lowest BCUT2D eigenvalue weighted by atomic mass is 9.94. The molecule has 0 aliphatic heterocycles. The van der Waals surface area contributed by atoms with Crippen molar-refractivity contribution in [2.75, 3.05) is 5.32 Å². The number of amides is 1. The molecule has 1 aliphatic carbocycles. The third kappa shape index (κ3) is 3.51. The summed E-state index contributed by atoms with van der Waals surface area (Å²) >= 11 is 0. The van der Waals surface area contributed by atoms with Crippen LogP contribution in [0.25, 0.3) is 0 Å². The van der Waals surface area contributed by atoms with Crippen LogP contribution < -0.4 is 10.1 Å². The Labute approximate surface area is 146 Å². The van der Waals surface area contributed by atoms with Crippen LogP contribution in [0, 0.1) is 5.82 Å². The number of rotatable bonds is 5. The van der Waals surface area contributed by atoms with Gasteiger partial charge in [0, 0.05) is 23.7 Å². The van der Waals surface area contributed by atoms with Gasteiger partial charge in [-0.25, -0.2) is 9.07 Å². The number of hydrogen-bond acceptors (Lipinski definition) is 3. The minimum absolute atomic E-state index is 0.0194. The van der Waals surface area contributed by atoms with Crippen molar-refractivity contribution in [3.8, 4) is 5.75 Å². The predicted octanol–water partition coefficient (Wildman–Crippen LogP) is 4.17. The monoisotopic (exact) mass is 371 g/mol. The molecule has 1 saturated carbocycles. The molecule has 2 aromatic rings. The van der Waals surface area contributed by atoms with Crippen LogP contribution >= 0.6 is 0 Å². The van der Waals surface area contributed by atoms with Crippen LogP contribution in [0.4, 0.5) is 23.4 Å². The Morgan fingerprint density at radius 1 is 1.31 bits per heavy atom. The van der Waals surface area contributed by atoms with Gasteiger partial charge in [0.05, 0.1) is 11.6 Å². The number of hydrogen-bond donors (Lipinski definition) is 1. The molecule has 9 heteroatoms. The minimum Gasteiger partial charge on any atom is -0.406 e. The summed E-state index contributed by atoms with van der Waals surface area (Å²) in [6, 6.07) is 4.48. The summed E-state index contributed by atoms with van der Waals surface area (Å²) in [5, 5.41) is 6.85. The number of anilines is 1. The number of carbonyl (C=O) groups excluding carboxylic acids is 1. The van der Waals surface area contributed by atoms with E-state index in [1.807, 2.05) is 13.8 Å². The van der Waals surface area contributed by atoms with E-state index in [-0.39, 0.29) is 11.6 Å². The maximum Gasteiger partial charge on any atom is 0.573 e. The Kier molecular flexibility index (Phi) is 4.41. The number of halogens is 4. The van der Waals surface area contributed by atoms with Gasteiger partial charge in [0.1, 0.15) is 17.4 Å². The Morgan fingerprint density at radius 3 is 2.54 bits per heavy atom. The van der Waals surface area contributed by atoms with Crippen molar-refractivity contribution in [1.29, 1.82) is 0 Å². The predicted molar refractivity (Wildman–Crippen MR) is 85.2 cm³/mol. The van der Waals surface area contributed by atoms with E-state index in [1.54, 1.807) is 16.9 Å². The second-order valence-corrected chi connectivity index (χ2v) is 6.48. The molecule has 5 nitrogen and oxygen atoms in total. The number of carbonyl (C=O) groups is 1. The molecular formula is C17H17F4N3O2. The fourth-order valence-electron chi connectivity index (χ4n) is 2.89. The quantitative estimate of drug-likeness (QED) is 0.803. The van der Waals surface area contributed by atoms with E-state index >= 15 is 0 Å². The van der Waals surface area contributed by atoms with Gasteiger partial charge < -0.3 is 10.1 Å². The number of ether oxygens (including phenoxy) is 1. The Hall–Kier alpha value is -2.58. The van der Waals surface area contributed by atoms with Crippen molar-refractivity contribution in [2.24, 2.45) is 0 Å². The Bertz CT molecular complexity index is 826. The summed E-state index contributed by atoms with van der Waals surface area (Å²) in [5.74, 6) is -1.50. The number of nitrogens with zero attached hydrogens (tertiary/aromatic N) is 2. The van der Waals surface area contributed by atoms with Gasteiger partial charge in [0.2, 0.25) is 5.91 Å². The van der Waals surface area contributed by atoms with Crippen molar-refractivity contribution in [3.63, 3.8) is 0 Å². The van der Waals surface area contributed by atoms with Gasteiger partial charge in [-0.1, -0.05) is 6.07 Å². The first-order valence-electron chi connectivity index (χ1n) is 8.03. The van der Waals surface area contributed by atoms with Gasteiger partial charge in [-0.2, -0.15) is 5.10 Å². The molecule has 1 aromatic heterocycles. The van der Waals surface area contributed by atoms with Crippen LogP contribution in [0.1, 0.15) is 38.3 Å². The van der Waals surface area contributed by atoms with E-state index in [1.165, 1.54) is 6.07 Å². The summed E-state index contributed by atoms with van der Waals surface area (Å²) < 4.78 is 56.4. The van der Waals surface area contributed by atoms with E-state index in [9.17, 15) is 22.4 Å². The first kappa shape index (κ1) is 18.2. The highest BCUT2D eigenvalue weighted by atomic mass is 19.4. The third-order valence-corrected chi connectivity index (χ3v) is 4.28. The van der Waals surface area contributed by atoms with E-state index in [0.717, 1.165) is 6.07 Å². The molecule has 0 saturated heterocycles.